The van der Waals surface area contributed by atoms with E-state index in [-0.39, 0.29) is 5.91 Å². The SMILES string of the molecule is CN(C)c1ccc(/C=N\NC(=O)c2n[nH]c3c2CCCC3)cc1. The van der Waals surface area contributed by atoms with Crippen molar-refractivity contribution in [3.8, 4) is 0 Å². The molecule has 0 bridgehead atoms. The lowest BCUT2D eigenvalue weighted by Crippen LogP contribution is -2.20. The Morgan fingerprint density at radius 2 is 2.00 bits per heavy atom. The molecule has 0 fully saturated rings. The summed E-state index contributed by atoms with van der Waals surface area (Å²) in [4.78, 5) is 14.2. The van der Waals surface area contributed by atoms with E-state index in [1.54, 1.807) is 6.21 Å². The molecule has 1 heterocycles. The number of nitrogens with one attached hydrogen (secondary N) is 2. The summed E-state index contributed by atoms with van der Waals surface area (Å²) < 4.78 is 0. The molecule has 0 saturated heterocycles. The number of aromatic amines is 1. The van der Waals surface area contributed by atoms with Crippen molar-refractivity contribution in [2.75, 3.05) is 19.0 Å². The Labute approximate surface area is 135 Å². The summed E-state index contributed by atoms with van der Waals surface area (Å²) in [6.45, 7) is 0. The number of fused-ring (bicyclic) bond motifs is 1. The number of amides is 1. The van der Waals surface area contributed by atoms with Gasteiger partial charge in [-0.25, -0.2) is 5.43 Å². The third-order valence-corrected chi connectivity index (χ3v) is 4.06. The molecule has 23 heavy (non-hydrogen) atoms. The van der Waals surface area contributed by atoms with Crippen LogP contribution in [0.15, 0.2) is 29.4 Å². The summed E-state index contributed by atoms with van der Waals surface area (Å²) >= 11 is 0. The van der Waals surface area contributed by atoms with Crippen molar-refractivity contribution < 1.29 is 4.79 Å². The van der Waals surface area contributed by atoms with Crippen LogP contribution in [0.4, 0.5) is 5.69 Å². The van der Waals surface area contributed by atoms with Crippen LogP contribution in [-0.4, -0.2) is 36.4 Å². The standard InChI is InChI=1S/C17H21N5O/c1-22(2)13-9-7-12(8-10-13)11-18-21-17(23)16-14-5-3-4-6-15(14)19-20-16/h7-11H,3-6H2,1-2H3,(H,19,20)(H,21,23)/b18-11-. The fourth-order valence-electron chi connectivity index (χ4n) is 2.75. The first-order chi connectivity index (χ1) is 11.1. The average molecular weight is 311 g/mol. The number of rotatable bonds is 4. The first-order valence-corrected chi connectivity index (χ1v) is 7.82. The minimum absolute atomic E-state index is 0.259. The zero-order valence-corrected chi connectivity index (χ0v) is 13.5. The van der Waals surface area contributed by atoms with E-state index in [9.17, 15) is 4.79 Å². The predicted molar refractivity (Wildman–Crippen MR) is 91.1 cm³/mol. The molecule has 2 aromatic rings. The second-order valence-corrected chi connectivity index (χ2v) is 5.92. The molecule has 3 rings (SSSR count). The van der Waals surface area contributed by atoms with Crippen molar-refractivity contribution in [2.45, 2.75) is 25.7 Å². The Balaban J connectivity index is 1.63. The van der Waals surface area contributed by atoms with E-state index < -0.39 is 0 Å². The number of aromatic nitrogens is 2. The smallest absolute Gasteiger partial charge is 0.292 e. The quantitative estimate of drug-likeness (QED) is 0.671. The van der Waals surface area contributed by atoms with E-state index in [1.807, 2.05) is 43.3 Å². The van der Waals surface area contributed by atoms with E-state index in [0.29, 0.717) is 5.69 Å². The number of hydrazone groups is 1. The van der Waals surface area contributed by atoms with Gasteiger partial charge in [0.15, 0.2) is 5.69 Å². The van der Waals surface area contributed by atoms with Gasteiger partial charge in [-0.15, -0.1) is 0 Å². The van der Waals surface area contributed by atoms with Gasteiger partial charge in [-0.05, 0) is 43.4 Å². The van der Waals surface area contributed by atoms with Crippen LogP contribution < -0.4 is 10.3 Å². The van der Waals surface area contributed by atoms with Gasteiger partial charge < -0.3 is 4.90 Å². The number of carbonyl (C=O) groups excluding carboxylic acids is 1. The van der Waals surface area contributed by atoms with Gasteiger partial charge in [0, 0.05) is 31.0 Å². The molecule has 0 radical (unpaired) electrons. The summed E-state index contributed by atoms with van der Waals surface area (Å²) in [5.41, 5.74) is 7.21. The van der Waals surface area contributed by atoms with Crippen LogP contribution in [0.25, 0.3) is 0 Å². The average Bonchev–Trinajstić information content (AvgIpc) is 2.99. The first-order valence-electron chi connectivity index (χ1n) is 7.82. The van der Waals surface area contributed by atoms with Crippen molar-refractivity contribution in [1.29, 1.82) is 0 Å². The molecule has 2 N–H and O–H groups in total. The maximum Gasteiger partial charge on any atom is 0.292 e. The Kier molecular flexibility index (Phi) is 4.41. The molecule has 1 amide bonds. The Bertz CT molecular complexity index is 715. The van der Waals surface area contributed by atoms with Crippen LogP contribution in [0.3, 0.4) is 0 Å². The Morgan fingerprint density at radius 3 is 2.74 bits per heavy atom. The normalized spacial score (nSPS) is 13.8. The van der Waals surface area contributed by atoms with Crippen LogP contribution in [0.2, 0.25) is 0 Å². The van der Waals surface area contributed by atoms with Gasteiger partial charge in [0.25, 0.3) is 5.91 Å². The van der Waals surface area contributed by atoms with Crippen molar-refractivity contribution in [1.82, 2.24) is 15.6 Å². The number of nitrogens with zero attached hydrogens (tertiary/aromatic N) is 3. The summed E-state index contributed by atoms with van der Waals surface area (Å²) in [6, 6.07) is 7.93. The molecule has 1 aromatic carbocycles. The predicted octanol–water partition coefficient (Wildman–Crippen LogP) is 2.12. The van der Waals surface area contributed by atoms with E-state index in [2.05, 4.69) is 20.7 Å². The zero-order valence-electron chi connectivity index (χ0n) is 13.5. The van der Waals surface area contributed by atoms with E-state index in [4.69, 9.17) is 0 Å². The van der Waals surface area contributed by atoms with Gasteiger partial charge in [-0.1, -0.05) is 12.1 Å². The lowest BCUT2D eigenvalue weighted by atomic mass is 9.96. The Hall–Kier alpha value is -2.63. The third-order valence-electron chi connectivity index (χ3n) is 4.06. The summed E-state index contributed by atoms with van der Waals surface area (Å²) in [7, 11) is 3.99. The highest BCUT2D eigenvalue weighted by Crippen LogP contribution is 2.21. The summed E-state index contributed by atoms with van der Waals surface area (Å²) in [5.74, 6) is -0.259. The topological polar surface area (TPSA) is 73.4 Å². The minimum atomic E-state index is -0.259. The molecule has 1 aliphatic rings. The van der Waals surface area contributed by atoms with Crippen LogP contribution >= 0.6 is 0 Å². The maximum atomic E-state index is 12.2. The maximum absolute atomic E-state index is 12.2. The van der Waals surface area contributed by atoms with Gasteiger partial charge in [0.05, 0.1) is 6.21 Å². The molecular weight excluding hydrogens is 290 g/mol. The molecule has 1 aliphatic carbocycles. The molecule has 6 nitrogen and oxygen atoms in total. The molecule has 0 saturated carbocycles. The molecule has 120 valence electrons. The van der Waals surface area contributed by atoms with E-state index in [0.717, 1.165) is 48.2 Å². The van der Waals surface area contributed by atoms with Crippen LogP contribution in [0.5, 0.6) is 0 Å². The van der Waals surface area contributed by atoms with Gasteiger partial charge in [0.1, 0.15) is 0 Å². The highest BCUT2D eigenvalue weighted by molar-refractivity contribution is 5.94. The largest absolute Gasteiger partial charge is 0.378 e. The lowest BCUT2D eigenvalue weighted by Gasteiger charge is -2.11. The monoisotopic (exact) mass is 311 g/mol. The fourth-order valence-corrected chi connectivity index (χ4v) is 2.75. The number of anilines is 1. The molecule has 6 heteroatoms. The molecule has 0 aliphatic heterocycles. The fraction of sp³-hybridized carbons (Fsp3) is 0.353. The summed E-state index contributed by atoms with van der Waals surface area (Å²) in [5, 5.41) is 11.1. The van der Waals surface area contributed by atoms with Gasteiger partial charge >= 0.3 is 0 Å². The number of H-pyrrole nitrogens is 1. The molecule has 0 atom stereocenters. The minimum Gasteiger partial charge on any atom is -0.378 e. The molecule has 0 unspecified atom stereocenters. The number of hydrogen-bond donors (Lipinski definition) is 2. The van der Waals surface area contributed by atoms with Crippen molar-refractivity contribution in [2.24, 2.45) is 5.10 Å². The number of benzene rings is 1. The second kappa shape index (κ2) is 6.64. The van der Waals surface area contributed by atoms with Crippen LogP contribution in [0, 0.1) is 0 Å². The van der Waals surface area contributed by atoms with Crippen molar-refractivity contribution in [3.63, 3.8) is 0 Å². The highest BCUT2D eigenvalue weighted by Gasteiger charge is 2.21. The van der Waals surface area contributed by atoms with Gasteiger partial charge in [-0.2, -0.15) is 10.2 Å². The number of aryl methyl sites for hydroxylation is 1. The van der Waals surface area contributed by atoms with Crippen molar-refractivity contribution >= 4 is 17.8 Å². The van der Waals surface area contributed by atoms with Crippen LogP contribution in [0.1, 0.15) is 40.2 Å². The molecule has 0 spiro atoms. The van der Waals surface area contributed by atoms with Crippen molar-refractivity contribution in [3.05, 3.63) is 46.8 Å². The molecule has 1 aromatic heterocycles. The van der Waals surface area contributed by atoms with Crippen LogP contribution in [-0.2, 0) is 12.8 Å². The van der Waals surface area contributed by atoms with Gasteiger partial charge in [0.2, 0.25) is 0 Å². The van der Waals surface area contributed by atoms with E-state index in [1.165, 1.54) is 0 Å². The number of carbonyl (C=O) groups is 1. The van der Waals surface area contributed by atoms with E-state index >= 15 is 0 Å². The highest BCUT2D eigenvalue weighted by atomic mass is 16.2. The first kappa shape index (κ1) is 15.3. The third kappa shape index (κ3) is 3.41. The second-order valence-electron chi connectivity index (χ2n) is 5.92. The molecular formula is C17H21N5O. The Morgan fingerprint density at radius 1 is 1.26 bits per heavy atom. The van der Waals surface area contributed by atoms with Gasteiger partial charge in [-0.3, -0.25) is 9.89 Å². The lowest BCUT2D eigenvalue weighted by molar-refractivity contribution is 0.0949. The summed E-state index contributed by atoms with van der Waals surface area (Å²) in [6.07, 6.45) is 5.77. The number of hydrogen-bond acceptors (Lipinski definition) is 4. The zero-order chi connectivity index (χ0) is 16.2.